The summed E-state index contributed by atoms with van der Waals surface area (Å²) >= 11 is 6.14. The van der Waals surface area contributed by atoms with Gasteiger partial charge in [0.15, 0.2) is 6.10 Å². The van der Waals surface area contributed by atoms with Crippen molar-refractivity contribution in [2.45, 2.75) is 37.3 Å². The highest BCUT2D eigenvalue weighted by atomic mass is 35.5. The Balaban J connectivity index is 1.61. The van der Waals surface area contributed by atoms with Crippen LogP contribution in [0.5, 0.6) is 5.75 Å². The van der Waals surface area contributed by atoms with Crippen LogP contribution in [0.1, 0.15) is 31.0 Å². The Labute approximate surface area is 199 Å². The van der Waals surface area contributed by atoms with Crippen molar-refractivity contribution in [1.82, 2.24) is 5.32 Å². The number of ether oxygens (including phenoxy) is 1. The van der Waals surface area contributed by atoms with E-state index >= 15 is 0 Å². The highest BCUT2D eigenvalue weighted by Gasteiger charge is 2.38. The molecule has 1 aliphatic rings. The van der Waals surface area contributed by atoms with Crippen LogP contribution in [0.15, 0.2) is 77.7 Å². The molecule has 0 spiro atoms. The van der Waals surface area contributed by atoms with Gasteiger partial charge in [-0.25, -0.2) is 8.42 Å². The van der Waals surface area contributed by atoms with Gasteiger partial charge in [-0.05, 0) is 54.8 Å². The van der Waals surface area contributed by atoms with Crippen LogP contribution in [0, 0.1) is 0 Å². The van der Waals surface area contributed by atoms with E-state index in [0.717, 1.165) is 12.0 Å². The van der Waals surface area contributed by atoms with Gasteiger partial charge in [0, 0.05) is 5.02 Å². The average Bonchev–Trinajstić information content (AvgIpc) is 2.83. The molecule has 0 bridgehead atoms. The first-order chi connectivity index (χ1) is 15.8. The fourth-order valence-corrected chi connectivity index (χ4v) is 5.40. The molecule has 1 aliphatic heterocycles. The molecule has 0 saturated heterocycles. The van der Waals surface area contributed by atoms with Crippen molar-refractivity contribution in [3.63, 3.8) is 0 Å². The van der Waals surface area contributed by atoms with Gasteiger partial charge in [-0.1, -0.05) is 61.0 Å². The fraction of sp³-hybridized carbons (Fsp3) is 0.240. The maximum atomic E-state index is 13.4. The first-order valence-electron chi connectivity index (χ1n) is 10.7. The zero-order valence-electron chi connectivity index (χ0n) is 18.4. The number of benzene rings is 3. The molecular formula is C25H25ClN2O4S. The molecule has 0 aromatic heterocycles. The molecule has 172 valence electrons. The Morgan fingerprint density at radius 3 is 2.48 bits per heavy atom. The summed E-state index contributed by atoms with van der Waals surface area (Å²) in [6, 6.07) is 20.6. The lowest BCUT2D eigenvalue weighted by Crippen LogP contribution is -2.51. The lowest BCUT2D eigenvalue weighted by molar-refractivity contribution is -0.128. The van der Waals surface area contributed by atoms with Gasteiger partial charge < -0.3 is 10.1 Å². The van der Waals surface area contributed by atoms with Gasteiger partial charge in [-0.15, -0.1) is 0 Å². The van der Waals surface area contributed by atoms with Gasteiger partial charge in [-0.3, -0.25) is 9.10 Å². The molecule has 2 atom stereocenters. The Hall–Kier alpha value is -3.03. The van der Waals surface area contributed by atoms with Gasteiger partial charge in [0.2, 0.25) is 0 Å². The lowest BCUT2D eigenvalue weighted by Gasteiger charge is -2.35. The lowest BCUT2D eigenvalue weighted by atomic mass is 10.0. The van der Waals surface area contributed by atoms with Crippen LogP contribution < -0.4 is 14.4 Å². The van der Waals surface area contributed by atoms with Crippen LogP contribution in [0.3, 0.4) is 0 Å². The topological polar surface area (TPSA) is 75.7 Å². The Bertz CT molecular complexity index is 1250. The van der Waals surface area contributed by atoms with E-state index in [-0.39, 0.29) is 23.2 Å². The zero-order valence-corrected chi connectivity index (χ0v) is 19.9. The maximum absolute atomic E-state index is 13.4. The molecule has 1 amide bonds. The molecule has 33 heavy (non-hydrogen) atoms. The standard InChI is InChI=1S/C25H25ClN2O4S/c1-3-18-9-11-19(12-10-18)17(2)27-25(29)24-16-28(22-15-20(26)13-14-23(22)32-24)33(30,31)21-7-5-4-6-8-21/h4-15,17,24H,3,16H2,1-2H3,(H,27,29)/t17-,24-/m1/s1. The van der Waals surface area contributed by atoms with Crippen molar-refractivity contribution < 1.29 is 17.9 Å². The third kappa shape index (κ3) is 4.84. The van der Waals surface area contributed by atoms with Crippen molar-refractivity contribution in [3.05, 3.63) is 88.9 Å². The first-order valence-corrected chi connectivity index (χ1v) is 12.5. The van der Waals surface area contributed by atoms with Crippen LogP contribution in [0.4, 0.5) is 5.69 Å². The molecule has 3 aromatic carbocycles. The van der Waals surface area contributed by atoms with Gasteiger partial charge in [0.05, 0.1) is 23.2 Å². The Morgan fingerprint density at radius 2 is 1.82 bits per heavy atom. The third-order valence-electron chi connectivity index (χ3n) is 5.66. The molecule has 0 radical (unpaired) electrons. The summed E-state index contributed by atoms with van der Waals surface area (Å²) in [5, 5.41) is 3.32. The molecule has 4 rings (SSSR count). The number of sulfonamides is 1. The summed E-state index contributed by atoms with van der Waals surface area (Å²) in [6.07, 6.45) is -0.0824. The number of hydrogen-bond donors (Lipinski definition) is 1. The molecule has 3 aromatic rings. The third-order valence-corrected chi connectivity index (χ3v) is 7.69. The number of fused-ring (bicyclic) bond motifs is 1. The number of amides is 1. The van der Waals surface area contributed by atoms with Crippen molar-refractivity contribution in [2.24, 2.45) is 0 Å². The molecule has 0 aliphatic carbocycles. The molecule has 0 saturated carbocycles. The van der Waals surface area contributed by atoms with Gasteiger partial charge in [-0.2, -0.15) is 0 Å². The van der Waals surface area contributed by atoms with Crippen molar-refractivity contribution in [3.8, 4) is 5.75 Å². The number of nitrogens with zero attached hydrogens (tertiary/aromatic N) is 1. The summed E-state index contributed by atoms with van der Waals surface area (Å²) in [5.41, 5.74) is 2.47. The van der Waals surface area contributed by atoms with Crippen LogP contribution in [-0.2, 0) is 21.2 Å². The molecular weight excluding hydrogens is 460 g/mol. The molecule has 8 heteroatoms. The Kier molecular flexibility index (Phi) is 6.63. The molecule has 6 nitrogen and oxygen atoms in total. The van der Waals surface area contributed by atoms with Gasteiger partial charge in [0.1, 0.15) is 5.75 Å². The molecule has 0 unspecified atom stereocenters. The average molecular weight is 485 g/mol. The highest BCUT2D eigenvalue weighted by Crippen LogP contribution is 2.39. The largest absolute Gasteiger partial charge is 0.476 e. The van der Waals surface area contributed by atoms with E-state index in [1.54, 1.807) is 30.3 Å². The summed E-state index contributed by atoms with van der Waals surface area (Å²) < 4.78 is 34.0. The summed E-state index contributed by atoms with van der Waals surface area (Å²) in [7, 11) is -3.93. The second-order valence-electron chi connectivity index (χ2n) is 7.89. The molecule has 1 N–H and O–H groups in total. The first kappa shape index (κ1) is 23.1. The van der Waals surface area contributed by atoms with Crippen LogP contribution >= 0.6 is 11.6 Å². The number of anilines is 1. The van der Waals surface area contributed by atoms with Crippen molar-refractivity contribution in [1.29, 1.82) is 0 Å². The molecule has 0 fully saturated rings. The minimum Gasteiger partial charge on any atom is -0.476 e. The number of hydrogen-bond acceptors (Lipinski definition) is 4. The number of rotatable bonds is 6. The summed E-state index contributed by atoms with van der Waals surface area (Å²) in [4.78, 5) is 13.2. The fourth-order valence-electron chi connectivity index (χ4n) is 3.74. The van der Waals surface area contributed by atoms with E-state index in [1.807, 2.05) is 31.2 Å². The van der Waals surface area contributed by atoms with Gasteiger partial charge >= 0.3 is 0 Å². The number of nitrogens with one attached hydrogen (secondary N) is 1. The highest BCUT2D eigenvalue weighted by molar-refractivity contribution is 7.92. The van der Waals surface area contributed by atoms with E-state index in [9.17, 15) is 13.2 Å². The predicted octanol–water partition coefficient (Wildman–Crippen LogP) is 4.74. The SMILES string of the molecule is CCc1ccc([C@@H](C)NC(=O)[C@H]2CN(S(=O)(=O)c3ccccc3)c3cc(Cl)ccc3O2)cc1. The number of carbonyl (C=O) groups excluding carboxylic acids is 1. The van der Waals surface area contributed by atoms with Crippen LogP contribution in [-0.4, -0.2) is 27.0 Å². The summed E-state index contributed by atoms with van der Waals surface area (Å²) in [5.74, 6) is -0.110. The van der Waals surface area contributed by atoms with E-state index in [2.05, 4.69) is 12.2 Å². The normalized spacial score (nSPS) is 16.5. The van der Waals surface area contributed by atoms with Crippen LogP contribution in [0.2, 0.25) is 5.02 Å². The van der Waals surface area contributed by atoms with Crippen molar-refractivity contribution >= 4 is 33.2 Å². The Morgan fingerprint density at radius 1 is 1.12 bits per heavy atom. The minimum absolute atomic E-state index is 0.126. The predicted molar refractivity (Wildman–Crippen MR) is 129 cm³/mol. The van der Waals surface area contributed by atoms with E-state index in [0.29, 0.717) is 10.7 Å². The monoisotopic (exact) mass is 484 g/mol. The van der Waals surface area contributed by atoms with E-state index in [1.165, 1.54) is 28.1 Å². The van der Waals surface area contributed by atoms with Gasteiger partial charge in [0.25, 0.3) is 15.9 Å². The molecule has 1 heterocycles. The maximum Gasteiger partial charge on any atom is 0.264 e. The van der Waals surface area contributed by atoms with E-state index in [4.69, 9.17) is 16.3 Å². The number of aryl methyl sites for hydroxylation is 1. The second-order valence-corrected chi connectivity index (χ2v) is 10.2. The number of halogens is 1. The second kappa shape index (κ2) is 9.45. The zero-order chi connectivity index (χ0) is 23.6. The quantitative estimate of drug-likeness (QED) is 0.548. The van der Waals surface area contributed by atoms with Crippen molar-refractivity contribution in [2.75, 3.05) is 10.8 Å². The van der Waals surface area contributed by atoms with Crippen LogP contribution in [0.25, 0.3) is 0 Å². The van der Waals surface area contributed by atoms with E-state index < -0.39 is 22.0 Å². The number of carbonyl (C=O) groups is 1. The summed E-state index contributed by atoms with van der Waals surface area (Å²) in [6.45, 7) is 3.80. The minimum atomic E-state index is -3.93. The smallest absolute Gasteiger partial charge is 0.264 e.